The molecule has 0 radical (unpaired) electrons. The summed E-state index contributed by atoms with van der Waals surface area (Å²) in [5.41, 5.74) is 1.43. The zero-order valence-corrected chi connectivity index (χ0v) is 17.1. The van der Waals surface area contributed by atoms with Gasteiger partial charge in [0.25, 0.3) is 5.91 Å². The molecule has 0 spiro atoms. The van der Waals surface area contributed by atoms with Gasteiger partial charge in [-0.2, -0.15) is 0 Å². The van der Waals surface area contributed by atoms with Gasteiger partial charge in [0.2, 0.25) is 11.8 Å². The maximum absolute atomic E-state index is 13.0. The van der Waals surface area contributed by atoms with Crippen molar-refractivity contribution in [3.63, 3.8) is 0 Å². The van der Waals surface area contributed by atoms with Crippen molar-refractivity contribution in [2.75, 3.05) is 36.9 Å². The van der Waals surface area contributed by atoms with Gasteiger partial charge in [-0.25, -0.2) is 4.90 Å². The van der Waals surface area contributed by atoms with Gasteiger partial charge in [0.1, 0.15) is 11.8 Å². The molecule has 1 heterocycles. The molecule has 0 unspecified atom stereocenters. The number of ether oxygens (including phenoxy) is 3. The largest absolute Gasteiger partial charge is 0.495 e. The minimum absolute atomic E-state index is 0.0271. The zero-order valence-electron chi connectivity index (χ0n) is 17.1. The number of carbonyl (C=O) groups excluding carboxylic acids is 3. The van der Waals surface area contributed by atoms with Crippen LogP contribution in [0.5, 0.6) is 17.2 Å². The molecule has 0 aromatic heterocycles. The van der Waals surface area contributed by atoms with Gasteiger partial charge in [-0.15, -0.1) is 0 Å². The number of imide groups is 1. The standard InChI is InChI=1S/C21H23N3O6/c1-12(25)22-13-5-7-17(28-2)15(9-13)23-16-11-20(26)24(21(16)27)14-6-8-18(29-3)19(10-14)30-4/h5-10,16,23H,11H2,1-4H3,(H,22,25)/t16-/m0/s1. The smallest absolute Gasteiger partial charge is 0.256 e. The van der Waals surface area contributed by atoms with Crippen molar-refractivity contribution < 1.29 is 28.6 Å². The number of nitrogens with zero attached hydrogens (tertiary/aromatic N) is 1. The summed E-state index contributed by atoms with van der Waals surface area (Å²) in [5.74, 6) is 0.416. The molecule has 1 atom stereocenters. The average molecular weight is 413 g/mol. The van der Waals surface area contributed by atoms with E-state index in [-0.39, 0.29) is 18.2 Å². The highest BCUT2D eigenvalue weighted by molar-refractivity contribution is 6.23. The number of benzene rings is 2. The molecule has 2 N–H and O–H groups in total. The van der Waals surface area contributed by atoms with Crippen molar-refractivity contribution in [2.45, 2.75) is 19.4 Å². The van der Waals surface area contributed by atoms with Gasteiger partial charge < -0.3 is 24.8 Å². The lowest BCUT2D eigenvalue weighted by molar-refractivity contribution is -0.121. The van der Waals surface area contributed by atoms with E-state index >= 15 is 0 Å². The summed E-state index contributed by atoms with van der Waals surface area (Å²) in [6.07, 6.45) is -0.0271. The second kappa shape index (κ2) is 8.73. The van der Waals surface area contributed by atoms with Crippen LogP contribution in [0.15, 0.2) is 36.4 Å². The van der Waals surface area contributed by atoms with E-state index in [0.717, 1.165) is 4.90 Å². The molecule has 158 valence electrons. The van der Waals surface area contributed by atoms with E-state index in [9.17, 15) is 14.4 Å². The lowest BCUT2D eigenvalue weighted by atomic mass is 10.2. The first-order chi connectivity index (χ1) is 14.4. The molecule has 3 amide bonds. The van der Waals surface area contributed by atoms with Gasteiger partial charge >= 0.3 is 0 Å². The number of rotatable bonds is 7. The van der Waals surface area contributed by atoms with Gasteiger partial charge in [-0.3, -0.25) is 14.4 Å². The van der Waals surface area contributed by atoms with Crippen LogP contribution in [-0.2, 0) is 14.4 Å². The second-order valence-electron chi connectivity index (χ2n) is 6.60. The van der Waals surface area contributed by atoms with Crippen LogP contribution in [0.1, 0.15) is 13.3 Å². The molecule has 1 fully saturated rings. The first kappa shape index (κ1) is 21.0. The van der Waals surface area contributed by atoms with Crippen molar-refractivity contribution in [3.8, 4) is 17.2 Å². The van der Waals surface area contributed by atoms with E-state index in [2.05, 4.69) is 10.6 Å². The monoisotopic (exact) mass is 413 g/mol. The van der Waals surface area contributed by atoms with Crippen molar-refractivity contribution >= 4 is 34.8 Å². The fraction of sp³-hybridized carbons (Fsp3) is 0.286. The predicted molar refractivity (Wildman–Crippen MR) is 111 cm³/mol. The second-order valence-corrected chi connectivity index (χ2v) is 6.60. The summed E-state index contributed by atoms with van der Waals surface area (Å²) in [7, 11) is 4.48. The Hall–Kier alpha value is -3.75. The van der Waals surface area contributed by atoms with E-state index in [0.29, 0.717) is 34.3 Å². The van der Waals surface area contributed by atoms with Crippen LogP contribution in [0.3, 0.4) is 0 Å². The Balaban J connectivity index is 1.86. The highest BCUT2D eigenvalue weighted by atomic mass is 16.5. The van der Waals surface area contributed by atoms with Crippen LogP contribution in [0.2, 0.25) is 0 Å². The molecule has 9 heteroatoms. The van der Waals surface area contributed by atoms with Gasteiger partial charge in [0, 0.05) is 18.7 Å². The molecule has 9 nitrogen and oxygen atoms in total. The molecule has 30 heavy (non-hydrogen) atoms. The van der Waals surface area contributed by atoms with Crippen LogP contribution in [-0.4, -0.2) is 45.1 Å². The highest BCUT2D eigenvalue weighted by Gasteiger charge is 2.40. The number of amides is 3. The molecule has 3 rings (SSSR count). The molecule has 0 saturated carbocycles. The zero-order chi connectivity index (χ0) is 21.8. The minimum atomic E-state index is -0.785. The van der Waals surface area contributed by atoms with Gasteiger partial charge in [-0.05, 0) is 30.3 Å². The fourth-order valence-electron chi connectivity index (χ4n) is 3.27. The van der Waals surface area contributed by atoms with Crippen LogP contribution >= 0.6 is 0 Å². The molecule has 0 bridgehead atoms. The maximum Gasteiger partial charge on any atom is 0.256 e. The molecule has 2 aromatic carbocycles. The Morgan fingerprint density at radius 1 is 0.967 bits per heavy atom. The number of hydrogen-bond acceptors (Lipinski definition) is 7. The molecule has 1 aliphatic heterocycles. The molecule has 2 aromatic rings. The third-order valence-corrected chi connectivity index (χ3v) is 4.62. The van der Waals surface area contributed by atoms with Crippen LogP contribution in [0.25, 0.3) is 0 Å². The first-order valence-corrected chi connectivity index (χ1v) is 9.19. The Morgan fingerprint density at radius 2 is 1.63 bits per heavy atom. The Kier molecular flexibility index (Phi) is 6.10. The van der Waals surface area contributed by atoms with Crippen LogP contribution < -0.4 is 29.7 Å². The summed E-state index contributed by atoms with van der Waals surface area (Å²) < 4.78 is 15.8. The third kappa shape index (κ3) is 4.14. The minimum Gasteiger partial charge on any atom is -0.495 e. The van der Waals surface area contributed by atoms with Gasteiger partial charge in [0.05, 0.1) is 39.1 Å². The molecular formula is C21H23N3O6. The highest BCUT2D eigenvalue weighted by Crippen LogP contribution is 2.35. The Morgan fingerprint density at radius 3 is 2.27 bits per heavy atom. The topological polar surface area (TPSA) is 106 Å². The summed E-state index contributed by atoms with van der Waals surface area (Å²) in [5, 5.41) is 5.74. The van der Waals surface area contributed by atoms with E-state index < -0.39 is 11.9 Å². The quantitative estimate of drug-likeness (QED) is 0.672. The van der Waals surface area contributed by atoms with E-state index in [1.165, 1.54) is 28.3 Å². The number of anilines is 3. The van der Waals surface area contributed by atoms with Crippen molar-refractivity contribution in [1.82, 2.24) is 0 Å². The van der Waals surface area contributed by atoms with Crippen molar-refractivity contribution in [2.24, 2.45) is 0 Å². The number of carbonyl (C=O) groups is 3. The molecule has 0 aliphatic carbocycles. The van der Waals surface area contributed by atoms with E-state index in [4.69, 9.17) is 14.2 Å². The summed E-state index contributed by atoms with van der Waals surface area (Å²) >= 11 is 0. The molecule has 1 aliphatic rings. The number of nitrogens with one attached hydrogen (secondary N) is 2. The van der Waals surface area contributed by atoms with Crippen molar-refractivity contribution in [3.05, 3.63) is 36.4 Å². The molecular weight excluding hydrogens is 390 g/mol. The SMILES string of the molecule is COc1ccc(NC(C)=O)cc1N[C@H]1CC(=O)N(c2ccc(OC)c(OC)c2)C1=O. The Labute approximate surface area is 173 Å². The van der Waals surface area contributed by atoms with E-state index in [1.807, 2.05) is 0 Å². The normalized spacial score (nSPS) is 15.7. The predicted octanol–water partition coefficient (Wildman–Crippen LogP) is 2.41. The number of methoxy groups -OCH3 is 3. The average Bonchev–Trinajstić information content (AvgIpc) is 3.00. The van der Waals surface area contributed by atoms with E-state index in [1.54, 1.807) is 36.4 Å². The van der Waals surface area contributed by atoms with Crippen LogP contribution in [0.4, 0.5) is 17.1 Å². The lowest BCUT2D eigenvalue weighted by Gasteiger charge is -2.19. The van der Waals surface area contributed by atoms with Gasteiger partial charge in [-0.1, -0.05) is 0 Å². The fourth-order valence-corrected chi connectivity index (χ4v) is 3.27. The van der Waals surface area contributed by atoms with Crippen molar-refractivity contribution in [1.29, 1.82) is 0 Å². The lowest BCUT2D eigenvalue weighted by Crippen LogP contribution is -2.34. The maximum atomic E-state index is 13.0. The summed E-state index contributed by atoms with van der Waals surface area (Å²) in [4.78, 5) is 38.1. The first-order valence-electron chi connectivity index (χ1n) is 9.19. The van der Waals surface area contributed by atoms with Gasteiger partial charge in [0.15, 0.2) is 11.5 Å². The number of hydrogen-bond donors (Lipinski definition) is 2. The van der Waals surface area contributed by atoms with Crippen LogP contribution in [0, 0.1) is 0 Å². The summed E-state index contributed by atoms with van der Waals surface area (Å²) in [6, 6.07) is 9.05. The molecule has 1 saturated heterocycles. The summed E-state index contributed by atoms with van der Waals surface area (Å²) in [6.45, 7) is 1.40. The third-order valence-electron chi connectivity index (χ3n) is 4.62. The Bertz CT molecular complexity index is 991.